The molecule has 1 amide bonds. The number of aryl methyl sites for hydroxylation is 1. The van der Waals surface area contributed by atoms with E-state index in [1.54, 1.807) is 0 Å². The van der Waals surface area contributed by atoms with Crippen molar-refractivity contribution in [3.05, 3.63) is 28.2 Å². The van der Waals surface area contributed by atoms with Crippen LogP contribution in [0, 0.1) is 23.7 Å². The number of carbonyl (C=O) groups is 3. The second-order valence-electron chi connectivity index (χ2n) is 8.37. The lowest BCUT2D eigenvalue weighted by molar-refractivity contribution is -0.146. The first-order chi connectivity index (χ1) is 13.9. The van der Waals surface area contributed by atoms with Crippen molar-refractivity contribution >= 4 is 34.2 Å². The van der Waals surface area contributed by atoms with E-state index in [-0.39, 0.29) is 23.8 Å². The third-order valence-corrected chi connectivity index (χ3v) is 7.75. The number of ether oxygens (including phenoxy) is 1. The maximum Gasteiger partial charge on any atom is 0.341 e. The molecule has 7 heteroatoms. The summed E-state index contributed by atoms with van der Waals surface area (Å²) in [6, 6.07) is 0. The average Bonchev–Trinajstić information content (AvgIpc) is 3.39. The predicted molar refractivity (Wildman–Crippen MR) is 110 cm³/mol. The minimum absolute atomic E-state index is 0.0498. The zero-order chi connectivity index (χ0) is 20.7. The fourth-order valence-electron chi connectivity index (χ4n) is 4.91. The Hall–Kier alpha value is -2.15. The highest BCUT2D eigenvalue weighted by atomic mass is 32.1. The van der Waals surface area contributed by atoms with Gasteiger partial charge in [-0.3, -0.25) is 9.59 Å². The Balaban J connectivity index is 1.62. The number of rotatable bonds is 6. The van der Waals surface area contributed by atoms with Crippen molar-refractivity contribution in [3.63, 3.8) is 0 Å². The molecule has 0 aromatic carbocycles. The van der Waals surface area contributed by atoms with Crippen molar-refractivity contribution < 1.29 is 24.2 Å². The molecule has 3 aliphatic carbocycles. The molecule has 0 aliphatic heterocycles. The van der Waals surface area contributed by atoms with Crippen LogP contribution in [-0.2, 0) is 27.2 Å². The highest BCUT2D eigenvalue weighted by molar-refractivity contribution is 7.17. The topological polar surface area (TPSA) is 92.7 Å². The molecule has 4 rings (SSSR count). The van der Waals surface area contributed by atoms with E-state index >= 15 is 0 Å². The van der Waals surface area contributed by atoms with Gasteiger partial charge >= 0.3 is 11.9 Å². The van der Waals surface area contributed by atoms with E-state index in [9.17, 15) is 19.5 Å². The minimum atomic E-state index is -0.927. The largest absolute Gasteiger partial charge is 0.481 e. The van der Waals surface area contributed by atoms with E-state index in [0.29, 0.717) is 17.0 Å². The summed E-state index contributed by atoms with van der Waals surface area (Å²) in [5.74, 6) is -3.05. The Morgan fingerprint density at radius 1 is 1.21 bits per heavy atom. The molecule has 0 spiro atoms. The summed E-state index contributed by atoms with van der Waals surface area (Å²) in [7, 11) is 0. The number of hydrogen-bond acceptors (Lipinski definition) is 5. The number of carboxylic acid groups (broad SMARTS) is 1. The normalized spacial score (nSPS) is 28.1. The zero-order valence-electron chi connectivity index (χ0n) is 16.8. The molecule has 0 saturated heterocycles. The number of thiophene rings is 1. The van der Waals surface area contributed by atoms with Gasteiger partial charge in [0.1, 0.15) is 5.00 Å². The van der Waals surface area contributed by atoms with E-state index in [1.165, 1.54) is 11.3 Å². The van der Waals surface area contributed by atoms with Crippen molar-refractivity contribution in [2.24, 2.45) is 23.7 Å². The van der Waals surface area contributed by atoms with Crippen molar-refractivity contribution in [1.82, 2.24) is 0 Å². The predicted octanol–water partition coefficient (Wildman–Crippen LogP) is 4.04. The van der Waals surface area contributed by atoms with E-state index in [0.717, 1.165) is 42.5 Å². The number of carbonyl (C=O) groups excluding carboxylic acids is 2. The molecule has 1 heterocycles. The molecule has 6 nitrogen and oxygen atoms in total. The molecular formula is C22H27NO5S. The van der Waals surface area contributed by atoms with Crippen LogP contribution in [0.3, 0.4) is 0 Å². The first-order valence-electron chi connectivity index (χ1n) is 10.5. The fourth-order valence-corrected chi connectivity index (χ4v) is 6.19. The summed E-state index contributed by atoms with van der Waals surface area (Å²) in [4.78, 5) is 38.9. The maximum absolute atomic E-state index is 13.1. The lowest BCUT2D eigenvalue weighted by atomic mass is 9.82. The Bertz CT molecular complexity index is 873. The van der Waals surface area contributed by atoms with Gasteiger partial charge in [0.2, 0.25) is 5.91 Å². The number of hydrogen-bond donors (Lipinski definition) is 2. The van der Waals surface area contributed by atoms with E-state index in [4.69, 9.17) is 4.74 Å². The number of esters is 1. The van der Waals surface area contributed by atoms with Crippen LogP contribution in [0.1, 0.15) is 60.3 Å². The number of fused-ring (bicyclic) bond motifs is 3. The van der Waals surface area contributed by atoms with Gasteiger partial charge in [0.15, 0.2) is 0 Å². The highest BCUT2D eigenvalue weighted by Gasteiger charge is 2.51. The number of amides is 1. The number of allylic oxidation sites excluding steroid dienone is 2. The molecule has 0 radical (unpaired) electrons. The van der Waals surface area contributed by atoms with E-state index in [1.807, 2.05) is 26.0 Å². The molecule has 29 heavy (non-hydrogen) atoms. The summed E-state index contributed by atoms with van der Waals surface area (Å²) in [5.41, 5.74) is 1.47. The van der Waals surface area contributed by atoms with Crippen LogP contribution in [0.5, 0.6) is 0 Å². The van der Waals surface area contributed by atoms with Gasteiger partial charge in [-0.25, -0.2) is 4.79 Å². The van der Waals surface area contributed by atoms with Crippen LogP contribution in [-0.4, -0.2) is 29.1 Å². The summed E-state index contributed by atoms with van der Waals surface area (Å²) in [5, 5.41) is 13.1. The highest BCUT2D eigenvalue weighted by Crippen LogP contribution is 2.49. The van der Waals surface area contributed by atoms with Crippen LogP contribution < -0.4 is 5.32 Å². The number of anilines is 1. The van der Waals surface area contributed by atoms with E-state index < -0.39 is 23.8 Å². The van der Waals surface area contributed by atoms with Gasteiger partial charge in [-0.2, -0.15) is 0 Å². The summed E-state index contributed by atoms with van der Waals surface area (Å²) >= 11 is 1.44. The third-order valence-electron chi connectivity index (χ3n) is 6.54. The SMILES string of the molecule is CC[C@H](C)OC(=O)c1c(NC(=O)[C@@H]2[C@@H](C(=O)O)[C@H]3C=C[C@H]2C3)sc2c1CCCC2. The first kappa shape index (κ1) is 20.1. The van der Waals surface area contributed by atoms with Gasteiger partial charge in [0.05, 0.1) is 23.5 Å². The standard InChI is InChI=1S/C22H27NO5S/c1-3-11(2)28-22(27)18-14-6-4-5-7-15(14)29-20(18)23-19(24)16-12-8-9-13(10-12)17(16)21(25)26/h8-9,11-13,16-17H,3-7,10H2,1-2H3,(H,23,24)(H,25,26)/t11-,12-,13-,16-,17-/m0/s1. The van der Waals surface area contributed by atoms with Gasteiger partial charge in [0, 0.05) is 4.88 Å². The Kier molecular flexibility index (Phi) is 5.51. The molecule has 1 aromatic rings. The lowest BCUT2D eigenvalue weighted by Gasteiger charge is -2.23. The second-order valence-corrected chi connectivity index (χ2v) is 9.47. The van der Waals surface area contributed by atoms with Crippen LogP contribution in [0.4, 0.5) is 5.00 Å². The van der Waals surface area contributed by atoms with Crippen molar-refractivity contribution in [2.75, 3.05) is 5.32 Å². The minimum Gasteiger partial charge on any atom is -0.481 e. The van der Waals surface area contributed by atoms with Crippen molar-refractivity contribution in [3.8, 4) is 0 Å². The summed E-state index contributed by atoms with van der Waals surface area (Å²) < 4.78 is 5.58. The Morgan fingerprint density at radius 2 is 1.90 bits per heavy atom. The Morgan fingerprint density at radius 3 is 2.59 bits per heavy atom. The number of nitrogens with one attached hydrogen (secondary N) is 1. The molecule has 1 fully saturated rings. The summed E-state index contributed by atoms with van der Waals surface area (Å²) in [6.45, 7) is 3.81. The molecule has 2 N–H and O–H groups in total. The average molecular weight is 418 g/mol. The third kappa shape index (κ3) is 3.61. The molecule has 0 unspecified atom stereocenters. The number of carboxylic acids is 1. The first-order valence-corrected chi connectivity index (χ1v) is 11.3. The number of aliphatic carboxylic acids is 1. The van der Waals surface area contributed by atoms with Crippen LogP contribution in [0.2, 0.25) is 0 Å². The second kappa shape index (κ2) is 7.94. The zero-order valence-corrected chi connectivity index (χ0v) is 17.6. The van der Waals surface area contributed by atoms with Crippen LogP contribution in [0.15, 0.2) is 12.2 Å². The van der Waals surface area contributed by atoms with E-state index in [2.05, 4.69) is 5.32 Å². The molecule has 2 bridgehead atoms. The Labute approximate surface area is 174 Å². The van der Waals surface area contributed by atoms with Gasteiger partial charge in [-0.15, -0.1) is 11.3 Å². The molecule has 1 aromatic heterocycles. The summed E-state index contributed by atoms with van der Waals surface area (Å²) in [6.07, 6.45) is 8.90. The molecule has 3 aliphatic rings. The molecular weight excluding hydrogens is 390 g/mol. The molecule has 1 saturated carbocycles. The van der Waals surface area contributed by atoms with Gasteiger partial charge in [0.25, 0.3) is 0 Å². The molecule has 5 atom stereocenters. The fraction of sp³-hybridized carbons (Fsp3) is 0.591. The molecule has 156 valence electrons. The quantitative estimate of drug-likeness (QED) is 0.538. The van der Waals surface area contributed by atoms with Crippen molar-refractivity contribution in [1.29, 1.82) is 0 Å². The monoisotopic (exact) mass is 417 g/mol. The van der Waals surface area contributed by atoms with Crippen LogP contribution in [0.25, 0.3) is 0 Å². The van der Waals surface area contributed by atoms with Crippen molar-refractivity contribution in [2.45, 2.75) is 58.5 Å². The van der Waals surface area contributed by atoms with Gasteiger partial charge in [-0.1, -0.05) is 19.1 Å². The van der Waals surface area contributed by atoms with Gasteiger partial charge < -0.3 is 15.2 Å². The maximum atomic E-state index is 13.1. The van der Waals surface area contributed by atoms with Gasteiger partial charge in [-0.05, 0) is 62.8 Å². The smallest absolute Gasteiger partial charge is 0.341 e. The lowest BCUT2D eigenvalue weighted by Crippen LogP contribution is -2.36. The van der Waals surface area contributed by atoms with Crippen LogP contribution >= 0.6 is 11.3 Å².